The number of fused-ring (bicyclic) bond motifs is 1. The monoisotopic (exact) mass is 569 g/mol. The molecule has 4 rings (SSSR count). The number of aromatic nitrogens is 3. The van der Waals surface area contributed by atoms with Crippen molar-refractivity contribution in [1.82, 2.24) is 14.6 Å². The van der Waals surface area contributed by atoms with Gasteiger partial charge in [-0.15, -0.1) is 0 Å². The molecule has 0 fully saturated rings. The molecule has 0 radical (unpaired) electrons. The number of rotatable bonds is 15. The summed E-state index contributed by atoms with van der Waals surface area (Å²) < 4.78 is 53.5. The second kappa shape index (κ2) is 13.7. The fourth-order valence-corrected chi connectivity index (χ4v) is 5.02. The van der Waals surface area contributed by atoms with E-state index in [2.05, 4.69) is 4.98 Å². The number of sulfone groups is 1. The van der Waals surface area contributed by atoms with E-state index >= 15 is 0 Å². The third-order valence-corrected chi connectivity index (χ3v) is 8.02. The smallest absolute Gasteiger partial charge is 0.178 e. The first-order valence-electron chi connectivity index (χ1n) is 13.0. The van der Waals surface area contributed by atoms with E-state index in [1.807, 2.05) is 37.3 Å². The van der Waals surface area contributed by atoms with Crippen LogP contribution >= 0.6 is 0 Å². The van der Waals surface area contributed by atoms with Crippen molar-refractivity contribution in [2.24, 2.45) is 0 Å². The lowest BCUT2D eigenvalue weighted by atomic mass is 10.1. The Balaban J connectivity index is 1.49. The molecule has 0 aliphatic carbocycles. The lowest BCUT2D eigenvalue weighted by Gasteiger charge is -2.13. The summed E-state index contributed by atoms with van der Waals surface area (Å²) in [6, 6.07) is 16.3. The van der Waals surface area contributed by atoms with E-state index in [1.54, 1.807) is 49.9 Å². The maximum absolute atomic E-state index is 12.2. The first-order valence-corrected chi connectivity index (χ1v) is 14.7. The van der Waals surface area contributed by atoms with Gasteiger partial charge in [0.15, 0.2) is 27.0 Å². The maximum atomic E-state index is 12.2. The fraction of sp³-hybridized carbons (Fsp3) is 0.379. The first-order chi connectivity index (χ1) is 19.4. The largest absolute Gasteiger partial charge is 0.493 e. The Hall–Kier alpha value is -3.51. The van der Waals surface area contributed by atoms with Crippen LogP contribution in [0.15, 0.2) is 59.5 Å². The summed E-state index contributed by atoms with van der Waals surface area (Å²) >= 11 is 0. The molecule has 0 bridgehead atoms. The molecule has 0 unspecified atom stereocenters. The first kappa shape index (κ1) is 29.5. The van der Waals surface area contributed by atoms with Gasteiger partial charge in [-0.3, -0.25) is 0 Å². The minimum absolute atomic E-state index is 0.0537. The van der Waals surface area contributed by atoms with Gasteiger partial charge in [-0.05, 0) is 49.4 Å². The Morgan fingerprint density at radius 3 is 2.15 bits per heavy atom. The van der Waals surface area contributed by atoms with Gasteiger partial charge in [-0.1, -0.05) is 19.1 Å². The number of hydrogen-bond acceptors (Lipinski definition) is 9. The average Bonchev–Trinajstić information content (AvgIpc) is 3.31. The zero-order valence-electron chi connectivity index (χ0n) is 23.3. The van der Waals surface area contributed by atoms with E-state index in [1.165, 1.54) is 0 Å². The Morgan fingerprint density at radius 2 is 1.48 bits per heavy atom. The lowest BCUT2D eigenvalue weighted by molar-refractivity contribution is 0.0178. The zero-order valence-corrected chi connectivity index (χ0v) is 24.1. The molecule has 0 aliphatic rings. The van der Waals surface area contributed by atoms with Crippen molar-refractivity contribution in [2.75, 3.05) is 59.6 Å². The van der Waals surface area contributed by atoms with Gasteiger partial charge >= 0.3 is 0 Å². The van der Waals surface area contributed by atoms with E-state index in [9.17, 15) is 8.42 Å². The topological polar surface area (TPSA) is 110 Å². The highest BCUT2D eigenvalue weighted by Gasteiger charge is 2.16. The van der Waals surface area contributed by atoms with Crippen molar-refractivity contribution in [2.45, 2.75) is 18.7 Å². The van der Waals surface area contributed by atoms with Crippen LogP contribution in [0.1, 0.15) is 12.6 Å². The average molecular weight is 570 g/mol. The summed E-state index contributed by atoms with van der Waals surface area (Å²) in [6.07, 6.45) is 0. The molecule has 0 aliphatic heterocycles. The van der Waals surface area contributed by atoms with Gasteiger partial charge in [-0.25, -0.2) is 17.9 Å². The quantitative estimate of drug-likeness (QED) is 0.194. The molecule has 0 saturated heterocycles. The Labute approximate surface area is 234 Å². The van der Waals surface area contributed by atoms with E-state index < -0.39 is 9.84 Å². The van der Waals surface area contributed by atoms with E-state index in [0.717, 1.165) is 28.2 Å². The number of nitrogens with zero attached hydrogens (tertiary/aromatic N) is 3. The van der Waals surface area contributed by atoms with Gasteiger partial charge < -0.3 is 23.7 Å². The van der Waals surface area contributed by atoms with Gasteiger partial charge in [-0.2, -0.15) is 5.10 Å². The highest BCUT2D eigenvalue weighted by atomic mass is 32.2. The van der Waals surface area contributed by atoms with E-state index in [0.29, 0.717) is 61.7 Å². The van der Waals surface area contributed by atoms with Crippen LogP contribution in [0.2, 0.25) is 0 Å². The van der Waals surface area contributed by atoms with Crippen LogP contribution in [0, 0.1) is 6.92 Å². The van der Waals surface area contributed by atoms with Crippen LogP contribution in [-0.4, -0.2) is 82.6 Å². The van der Waals surface area contributed by atoms with Crippen LogP contribution < -0.4 is 9.47 Å². The van der Waals surface area contributed by atoms with E-state index in [4.69, 9.17) is 28.8 Å². The third-order valence-electron chi connectivity index (χ3n) is 6.27. The molecular formula is C29H35N3O7S. The molecule has 214 valence electrons. The molecule has 2 heterocycles. The number of benzene rings is 2. The minimum Gasteiger partial charge on any atom is -0.493 e. The molecule has 0 atom stereocenters. The van der Waals surface area contributed by atoms with E-state index in [-0.39, 0.29) is 5.75 Å². The van der Waals surface area contributed by atoms with Crippen molar-refractivity contribution in [3.05, 3.63) is 60.3 Å². The molecule has 0 saturated carbocycles. The number of ether oxygens (including phenoxy) is 5. The molecule has 40 heavy (non-hydrogen) atoms. The standard InChI is InChI=1S/C29H35N3O7S/c1-5-40(33,34)24-9-6-22(7-10-24)29-21(2)30-28-13-11-25(31-32(28)29)23-8-12-26(27(20-23)36-4)39-19-18-38-17-16-37-15-14-35-3/h6-13,20H,5,14-19H2,1-4H3. The van der Waals surface area contributed by atoms with Crippen LogP contribution in [0.4, 0.5) is 0 Å². The second-order valence-electron chi connectivity index (χ2n) is 8.89. The van der Waals surface area contributed by atoms with Gasteiger partial charge in [0.05, 0.1) is 67.9 Å². The molecule has 0 amide bonds. The Kier molecular flexibility index (Phi) is 10.1. The van der Waals surface area contributed by atoms with Crippen LogP contribution in [0.25, 0.3) is 28.2 Å². The summed E-state index contributed by atoms with van der Waals surface area (Å²) in [5, 5.41) is 4.86. The molecule has 4 aromatic rings. The number of hydrogen-bond donors (Lipinski definition) is 0. The third kappa shape index (κ3) is 6.97. The van der Waals surface area contributed by atoms with Crippen molar-refractivity contribution < 1.29 is 32.1 Å². The molecule has 10 nitrogen and oxygen atoms in total. The minimum atomic E-state index is -3.28. The number of imidazole rings is 1. The highest BCUT2D eigenvalue weighted by molar-refractivity contribution is 7.91. The van der Waals surface area contributed by atoms with Gasteiger partial charge in [0.1, 0.15) is 6.61 Å². The SMILES string of the molecule is CCS(=O)(=O)c1ccc(-c2c(C)nc3ccc(-c4ccc(OCCOCCOCCOC)c(OC)c4)nn23)cc1. The van der Waals surface area contributed by atoms with Crippen LogP contribution in [-0.2, 0) is 24.0 Å². The predicted octanol–water partition coefficient (Wildman–Crippen LogP) is 4.23. The molecule has 2 aromatic heterocycles. The Bertz CT molecular complexity index is 1520. The predicted molar refractivity (Wildman–Crippen MR) is 152 cm³/mol. The Morgan fingerprint density at radius 1 is 0.800 bits per heavy atom. The maximum Gasteiger partial charge on any atom is 0.178 e. The van der Waals surface area contributed by atoms with Crippen molar-refractivity contribution in [1.29, 1.82) is 0 Å². The van der Waals surface area contributed by atoms with Crippen molar-refractivity contribution in [3.63, 3.8) is 0 Å². The number of methoxy groups -OCH3 is 2. The molecule has 2 aromatic carbocycles. The number of aryl methyl sites for hydroxylation is 1. The molecule has 0 N–H and O–H groups in total. The second-order valence-corrected chi connectivity index (χ2v) is 11.2. The normalized spacial score (nSPS) is 11.7. The summed E-state index contributed by atoms with van der Waals surface area (Å²) in [6.45, 7) is 6.43. The van der Waals surface area contributed by atoms with Crippen LogP contribution in [0.3, 0.4) is 0 Å². The summed E-state index contributed by atoms with van der Waals surface area (Å²) in [5.74, 6) is 1.24. The zero-order chi connectivity index (χ0) is 28.5. The fourth-order valence-electron chi connectivity index (χ4n) is 4.14. The van der Waals surface area contributed by atoms with Gasteiger partial charge in [0.25, 0.3) is 0 Å². The van der Waals surface area contributed by atoms with Crippen LogP contribution in [0.5, 0.6) is 11.5 Å². The molecule has 0 spiro atoms. The van der Waals surface area contributed by atoms with Gasteiger partial charge in [0.2, 0.25) is 0 Å². The molecule has 11 heteroatoms. The highest BCUT2D eigenvalue weighted by Crippen LogP contribution is 2.33. The van der Waals surface area contributed by atoms with Crippen molar-refractivity contribution in [3.8, 4) is 34.0 Å². The summed E-state index contributed by atoms with van der Waals surface area (Å²) in [5.41, 5.74) is 4.68. The summed E-state index contributed by atoms with van der Waals surface area (Å²) in [7, 11) is -0.0509. The summed E-state index contributed by atoms with van der Waals surface area (Å²) in [4.78, 5) is 4.94. The van der Waals surface area contributed by atoms with Gasteiger partial charge in [0, 0.05) is 18.2 Å². The molecular weight excluding hydrogens is 534 g/mol. The lowest BCUT2D eigenvalue weighted by Crippen LogP contribution is -2.12. The van der Waals surface area contributed by atoms with Crippen molar-refractivity contribution >= 4 is 15.5 Å².